The number of benzene rings is 1. The van der Waals surface area contributed by atoms with E-state index in [9.17, 15) is 9.59 Å². The van der Waals surface area contributed by atoms with E-state index in [2.05, 4.69) is 10.3 Å². The molecule has 0 bridgehead atoms. The summed E-state index contributed by atoms with van der Waals surface area (Å²) in [6.07, 6.45) is 3.21. The molecular weight excluding hydrogens is 292 g/mol. The Morgan fingerprint density at radius 2 is 1.83 bits per heavy atom. The number of hydrogen-bond acceptors (Lipinski definition) is 3. The Hall–Kier alpha value is -2.89. The molecule has 0 atom stereocenters. The number of aromatic nitrogens is 1. The highest BCUT2D eigenvalue weighted by molar-refractivity contribution is 5.99. The molecule has 1 aliphatic rings. The second kappa shape index (κ2) is 6.48. The topological polar surface area (TPSA) is 65.5 Å². The first-order valence-electron chi connectivity index (χ1n) is 7.46. The molecule has 2 aromatic rings. The van der Waals surface area contributed by atoms with Crippen LogP contribution in [0.4, 0.5) is 16.2 Å². The summed E-state index contributed by atoms with van der Waals surface area (Å²) in [4.78, 5) is 31.6. The number of carbonyl (C=O) groups is 2. The molecule has 118 valence electrons. The third-order valence-electron chi connectivity index (χ3n) is 3.74. The molecule has 1 saturated heterocycles. The Morgan fingerprint density at radius 3 is 2.52 bits per heavy atom. The molecule has 1 fully saturated rings. The zero-order valence-corrected chi connectivity index (χ0v) is 12.9. The Kier molecular flexibility index (Phi) is 4.23. The van der Waals surface area contributed by atoms with Crippen molar-refractivity contribution in [3.8, 4) is 0 Å². The number of carbonyl (C=O) groups excluding carboxylic acids is 2. The standard InChI is InChI=1S/C17H18N4O2/c1-13-2-4-15(5-3-13)21-11-10-20(17(21)23)12-16(22)19-14-6-8-18-9-7-14/h2-9H,10-12H2,1H3,(H,18,19,22). The smallest absolute Gasteiger partial charge is 0.324 e. The number of rotatable bonds is 4. The quantitative estimate of drug-likeness (QED) is 0.942. The lowest BCUT2D eigenvalue weighted by Crippen LogP contribution is -2.37. The van der Waals surface area contributed by atoms with E-state index in [0.29, 0.717) is 18.8 Å². The van der Waals surface area contributed by atoms with Crippen molar-refractivity contribution in [1.82, 2.24) is 9.88 Å². The van der Waals surface area contributed by atoms with E-state index in [-0.39, 0.29) is 18.5 Å². The van der Waals surface area contributed by atoms with Crippen LogP contribution in [0, 0.1) is 6.92 Å². The van der Waals surface area contributed by atoms with Crippen LogP contribution in [0.25, 0.3) is 0 Å². The van der Waals surface area contributed by atoms with Crippen molar-refractivity contribution in [2.24, 2.45) is 0 Å². The molecule has 3 amide bonds. The molecule has 23 heavy (non-hydrogen) atoms. The lowest BCUT2D eigenvalue weighted by molar-refractivity contribution is -0.116. The van der Waals surface area contributed by atoms with E-state index in [1.807, 2.05) is 31.2 Å². The van der Waals surface area contributed by atoms with Gasteiger partial charge >= 0.3 is 6.03 Å². The van der Waals surface area contributed by atoms with Crippen LogP contribution in [0.2, 0.25) is 0 Å². The van der Waals surface area contributed by atoms with E-state index >= 15 is 0 Å². The molecule has 1 aromatic carbocycles. The summed E-state index contributed by atoms with van der Waals surface area (Å²) in [5.74, 6) is -0.213. The van der Waals surface area contributed by atoms with Gasteiger partial charge in [0.05, 0.1) is 0 Å². The zero-order valence-electron chi connectivity index (χ0n) is 12.9. The first kappa shape index (κ1) is 15.0. The molecule has 0 saturated carbocycles. The van der Waals surface area contributed by atoms with Gasteiger partial charge in [0.1, 0.15) is 6.54 Å². The lowest BCUT2D eigenvalue weighted by Gasteiger charge is -2.18. The van der Waals surface area contributed by atoms with Crippen molar-refractivity contribution in [1.29, 1.82) is 0 Å². The van der Waals surface area contributed by atoms with E-state index < -0.39 is 0 Å². The van der Waals surface area contributed by atoms with Gasteiger partial charge in [0, 0.05) is 36.9 Å². The normalized spacial score (nSPS) is 14.2. The average Bonchev–Trinajstić information content (AvgIpc) is 2.90. The maximum Gasteiger partial charge on any atom is 0.325 e. The van der Waals surface area contributed by atoms with Gasteiger partial charge in [0.25, 0.3) is 0 Å². The summed E-state index contributed by atoms with van der Waals surface area (Å²) in [7, 11) is 0. The zero-order chi connectivity index (χ0) is 16.2. The van der Waals surface area contributed by atoms with Crippen molar-refractivity contribution in [2.45, 2.75) is 6.92 Å². The molecule has 1 aromatic heterocycles. The van der Waals surface area contributed by atoms with Crippen molar-refractivity contribution in [2.75, 3.05) is 29.9 Å². The van der Waals surface area contributed by atoms with Gasteiger partial charge in [-0.2, -0.15) is 0 Å². The number of pyridine rings is 1. The fourth-order valence-electron chi connectivity index (χ4n) is 2.50. The van der Waals surface area contributed by atoms with Crippen LogP contribution < -0.4 is 10.2 Å². The third-order valence-corrected chi connectivity index (χ3v) is 3.74. The Balaban J connectivity index is 1.61. The number of amides is 3. The fraction of sp³-hybridized carbons (Fsp3) is 0.235. The monoisotopic (exact) mass is 310 g/mol. The van der Waals surface area contributed by atoms with E-state index in [4.69, 9.17) is 0 Å². The second-order valence-electron chi connectivity index (χ2n) is 5.48. The summed E-state index contributed by atoms with van der Waals surface area (Å²) < 4.78 is 0. The molecule has 6 nitrogen and oxygen atoms in total. The molecule has 6 heteroatoms. The molecule has 0 radical (unpaired) electrons. The van der Waals surface area contributed by atoms with Crippen molar-refractivity contribution < 1.29 is 9.59 Å². The average molecular weight is 310 g/mol. The van der Waals surface area contributed by atoms with Crippen LogP contribution >= 0.6 is 0 Å². The maximum absolute atomic E-state index is 12.4. The van der Waals surface area contributed by atoms with Gasteiger partial charge in [-0.1, -0.05) is 17.7 Å². The summed E-state index contributed by atoms with van der Waals surface area (Å²) in [5, 5.41) is 2.76. The molecule has 0 aliphatic carbocycles. The molecular formula is C17H18N4O2. The van der Waals surface area contributed by atoms with Crippen LogP contribution in [-0.4, -0.2) is 41.5 Å². The predicted octanol–water partition coefficient (Wildman–Crippen LogP) is 2.27. The number of hydrogen-bond donors (Lipinski definition) is 1. The van der Waals surface area contributed by atoms with Crippen LogP contribution in [0.5, 0.6) is 0 Å². The molecule has 1 aliphatic heterocycles. The number of nitrogens with one attached hydrogen (secondary N) is 1. The minimum Gasteiger partial charge on any atom is -0.324 e. The molecule has 1 N–H and O–H groups in total. The minimum atomic E-state index is -0.213. The van der Waals surface area contributed by atoms with Crippen LogP contribution in [0.3, 0.4) is 0 Å². The highest BCUT2D eigenvalue weighted by Crippen LogP contribution is 2.20. The fourth-order valence-corrected chi connectivity index (χ4v) is 2.50. The number of aryl methyl sites for hydroxylation is 1. The SMILES string of the molecule is Cc1ccc(N2CCN(CC(=O)Nc3ccncc3)C2=O)cc1. The number of urea groups is 1. The highest BCUT2D eigenvalue weighted by atomic mass is 16.2. The molecule has 2 heterocycles. The van der Waals surface area contributed by atoms with Gasteiger partial charge in [-0.3, -0.25) is 14.7 Å². The van der Waals surface area contributed by atoms with Crippen molar-refractivity contribution in [3.63, 3.8) is 0 Å². The van der Waals surface area contributed by atoms with Crippen LogP contribution in [-0.2, 0) is 4.79 Å². The summed E-state index contributed by atoms with van der Waals surface area (Å²) in [6.45, 7) is 3.18. The Labute approximate surface area is 134 Å². The first-order valence-corrected chi connectivity index (χ1v) is 7.46. The van der Waals surface area contributed by atoms with E-state index in [1.54, 1.807) is 34.3 Å². The van der Waals surface area contributed by atoms with Gasteiger partial charge in [-0.05, 0) is 31.2 Å². The number of nitrogens with zero attached hydrogens (tertiary/aromatic N) is 3. The Bertz CT molecular complexity index is 700. The molecule has 0 unspecified atom stereocenters. The van der Waals surface area contributed by atoms with Gasteiger partial charge in [0.2, 0.25) is 5.91 Å². The Morgan fingerprint density at radius 1 is 1.13 bits per heavy atom. The van der Waals surface area contributed by atoms with Gasteiger partial charge < -0.3 is 10.2 Å². The van der Waals surface area contributed by atoms with Crippen molar-refractivity contribution in [3.05, 3.63) is 54.4 Å². The first-order chi connectivity index (χ1) is 11.1. The predicted molar refractivity (Wildman–Crippen MR) is 88.4 cm³/mol. The summed E-state index contributed by atoms with van der Waals surface area (Å²) in [5.41, 5.74) is 2.68. The lowest BCUT2D eigenvalue weighted by atomic mass is 10.2. The summed E-state index contributed by atoms with van der Waals surface area (Å²) >= 11 is 0. The maximum atomic E-state index is 12.4. The van der Waals surface area contributed by atoms with Gasteiger partial charge in [-0.15, -0.1) is 0 Å². The van der Waals surface area contributed by atoms with Gasteiger partial charge in [-0.25, -0.2) is 4.79 Å². The van der Waals surface area contributed by atoms with Crippen LogP contribution in [0.15, 0.2) is 48.8 Å². The van der Waals surface area contributed by atoms with Gasteiger partial charge in [0.15, 0.2) is 0 Å². The van der Waals surface area contributed by atoms with Crippen molar-refractivity contribution >= 4 is 23.3 Å². The third kappa shape index (κ3) is 3.48. The van der Waals surface area contributed by atoms with Crippen LogP contribution in [0.1, 0.15) is 5.56 Å². The molecule has 3 rings (SSSR count). The highest BCUT2D eigenvalue weighted by Gasteiger charge is 2.30. The van der Waals surface area contributed by atoms with E-state index in [1.165, 1.54) is 0 Å². The number of anilines is 2. The second-order valence-corrected chi connectivity index (χ2v) is 5.48. The minimum absolute atomic E-state index is 0.0452. The molecule has 0 spiro atoms. The van der Waals surface area contributed by atoms with E-state index in [0.717, 1.165) is 11.3 Å². The largest absolute Gasteiger partial charge is 0.325 e. The summed E-state index contributed by atoms with van der Waals surface area (Å²) in [6, 6.07) is 11.1.